The van der Waals surface area contributed by atoms with E-state index >= 15 is 0 Å². The molecule has 7 nitrogen and oxygen atoms in total. The molecule has 0 aliphatic rings. The number of benzene rings is 2. The lowest BCUT2D eigenvalue weighted by Crippen LogP contribution is -2.20. The van der Waals surface area contributed by atoms with Gasteiger partial charge in [0.2, 0.25) is 0 Å². The third kappa shape index (κ3) is 3.93. The molecular formula is C22H21FN6O. The number of fused-ring (bicyclic) bond motifs is 1. The maximum absolute atomic E-state index is 14.6. The number of carbonyl (C=O) groups excluding carboxylic acids is 1. The average Bonchev–Trinajstić information content (AvgIpc) is 2.99. The van der Waals surface area contributed by atoms with Crippen LogP contribution in [0.4, 0.5) is 32.1 Å². The first-order chi connectivity index (χ1) is 14.4. The highest BCUT2D eigenvalue weighted by molar-refractivity contribution is 6.00. The van der Waals surface area contributed by atoms with Gasteiger partial charge in [0.1, 0.15) is 23.6 Å². The normalized spacial score (nSPS) is 10.8. The lowest BCUT2D eigenvalue weighted by atomic mass is 10.2. The number of anilines is 4. The predicted octanol–water partition coefficient (Wildman–Crippen LogP) is 5.41. The van der Waals surface area contributed by atoms with E-state index in [1.54, 1.807) is 12.1 Å². The van der Waals surface area contributed by atoms with Crippen LogP contribution in [0.2, 0.25) is 0 Å². The summed E-state index contributed by atoms with van der Waals surface area (Å²) in [5.74, 6) is 0.0193. The number of amides is 2. The van der Waals surface area contributed by atoms with Gasteiger partial charge in [-0.05, 0) is 62.2 Å². The second kappa shape index (κ2) is 7.82. The summed E-state index contributed by atoms with van der Waals surface area (Å²) in [5, 5.41) is 9.20. The van der Waals surface area contributed by atoms with E-state index in [1.165, 1.54) is 18.5 Å². The minimum Gasteiger partial charge on any atom is -0.343 e. The molecule has 2 aromatic carbocycles. The molecule has 0 unspecified atom stereocenters. The van der Waals surface area contributed by atoms with E-state index < -0.39 is 11.8 Å². The number of nitrogens with zero attached hydrogens (tertiary/aromatic N) is 2. The molecule has 0 aliphatic heterocycles. The third-order valence-electron chi connectivity index (χ3n) is 4.85. The van der Waals surface area contributed by atoms with Crippen molar-refractivity contribution in [2.24, 2.45) is 0 Å². The summed E-state index contributed by atoms with van der Waals surface area (Å²) in [7, 11) is 0. The highest BCUT2D eigenvalue weighted by Crippen LogP contribution is 2.29. The molecule has 2 heterocycles. The van der Waals surface area contributed by atoms with Gasteiger partial charge in [-0.15, -0.1) is 0 Å². The van der Waals surface area contributed by atoms with Gasteiger partial charge < -0.3 is 20.9 Å². The Hall–Kier alpha value is -3.94. The lowest BCUT2D eigenvalue weighted by Gasteiger charge is -2.11. The minimum absolute atomic E-state index is 0.0761. The average molecular weight is 404 g/mol. The molecule has 4 N–H and O–H groups in total. The van der Waals surface area contributed by atoms with Crippen molar-refractivity contribution in [1.82, 2.24) is 15.0 Å². The Morgan fingerprint density at radius 2 is 1.83 bits per heavy atom. The number of H-pyrrole nitrogens is 1. The van der Waals surface area contributed by atoms with Crippen molar-refractivity contribution in [3.63, 3.8) is 0 Å². The number of aromatic amines is 1. The Morgan fingerprint density at radius 3 is 2.60 bits per heavy atom. The smallest absolute Gasteiger partial charge is 0.323 e. The lowest BCUT2D eigenvalue weighted by molar-refractivity contribution is 0.262. The van der Waals surface area contributed by atoms with E-state index in [0.29, 0.717) is 22.8 Å². The summed E-state index contributed by atoms with van der Waals surface area (Å²) in [5.41, 5.74) is 4.98. The Labute approximate surface area is 172 Å². The van der Waals surface area contributed by atoms with Crippen molar-refractivity contribution >= 4 is 39.9 Å². The highest BCUT2D eigenvalue weighted by atomic mass is 19.1. The zero-order chi connectivity index (χ0) is 21.3. The van der Waals surface area contributed by atoms with Gasteiger partial charge in [0.25, 0.3) is 0 Å². The van der Waals surface area contributed by atoms with Crippen LogP contribution in [0.25, 0.3) is 11.0 Å². The van der Waals surface area contributed by atoms with Crippen molar-refractivity contribution in [2.75, 3.05) is 16.0 Å². The van der Waals surface area contributed by atoms with Crippen LogP contribution in [0.3, 0.4) is 0 Å². The Kier molecular flexibility index (Phi) is 5.05. The fraction of sp³-hybridized carbons (Fsp3) is 0.136. The first-order valence-electron chi connectivity index (χ1n) is 9.42. The van der Waals surface area contributed by atoms with Gasteiger partial charge in [0.15, 0.2) is 0 Å². The number of rotatable bonds is 4. The summed E-state index contributed by atoms with van der Waals surface area (Å²) in [6, 6.07) is 11.3. The molecule has 0 atom stereocenters. The van der Waals surface area contributed by atoms with E-state index in [2.05, 4.69) is 30.9 Å². The molecule has 0 fully saturated rings. The molecule has 0 bridgehead atoms. The molecule has 2 aromatic heterocycles. The van der Waals surface area contributed by atoms with Crippen LogP contribution in [0.1, 0.15) is 16.8 Å². The molecule has 2 amide bonds. The van der Waals surface area contributed by atoms with Crippen LogP contribution in [-0.4, -0.2) is 21.0 Å². The van der Waals surface area contributed by atoms with Crippen LogP contribution in [0.5, 0.6) is 0 Å². The number of aryl methyl sites for hydroxylation is 3. The van der Waals surface area contributed by atoms with Crippen molar-refractivity contribution < 1.29 is 9.18 Å². The number of carbonyl (C=O) groups is 1. The van der Waals surface area contributed by atoms with E-state index in [4.69, 9.17) is 0 Å². The van der Waals surface area contributed by atoms with Crippen LogP contribution in [-0.2, 0) is 0 Å². The van der Waals surface area contributed by atoms with Gasteiger partial charge >= 0.3 is 6.03 Å². The maximum Gasteiger partial charge on any atom is 0.323 e. The van der Waals surface area contributed by atoms with Crippen LogP contribution < -0.4 is 16.0 Å². The summed E-state index contributed by atoms with van der Waals surface area (Å²) >= 11 is 0. The summed E-state index contributed by atoms with van der Waals surface area (Å²) < 4.78 is 14.6. The maximum atomic E-state index is 14.6. The zero-order valence-electron chi connectivity index (χ0n) is 16.8. The van der Waals surface area contributed by atoms with Gasteiger partial charge in [-0.2, -0.15) is 0 Å². The quantitative estimate of drug-likeness (QED) is 0.366. The largest absolute Gasteiger partial charge is 0.343 e. The number of aromatic nitrogens is 3. The third-order valence-corrected chi connectivity index (χ3v) is 4.85. The summed E-state index contributed by atoms with van der Waals surface area (Å²) in [6.45, 7) is 5.86. The van der Waals surface area contributed by atoms with E-state index in [9.17, 15) is 9.18 Å². The standard InChI is InChI=1S/C22H21FN6O/c1-12-5-4-6-15(9-12)28-22(30)29-18-8-7-16(10-17(18)23)27-21-19-13(2)14(3)26-20(19)24-11-25-21/h4-11H,1-3H3,(H2,28,29,30)(H2,24,25,26,27). The molecule has 30 heavy (non-hydrogen) atoms. The van der Waals surface area contributed by atoms with Crippen LogP contribution in [0.15, 0.2) is 48.8 Å². The van der Waals surface area contributed by atoms with Crippen molar-refractivity contribution in [3.8, 4) is 0 Å². The molecule has 152 valence electrons. The van der Waals surface area contributed by atoms with Crippen molar-refractivity contribution in [1.29, 1.82) is 0 Å². The first-order valence-corrected chi connectivity index (χ1v) is 9.42. The number of hydrogen-bond donors (Lipinski definition) is 4. The van der Waals surface area contributed by atoms with Crippen LogP contribution >= 0.6 is 0 Å². The fourth-order valence-electron chi connectivity index (χ4n) is 3.23. The topological polar surface area (TPSA) is 94.7 Å². The second-order valence-electron chi connectivity index (χ2n) is 7.09. The highest BCUT2D eigenvalue weighted by Gasteiger charge is 2.13. The molecule has 0 radical (unpaired) electrons. The number of hydrogen-bond acceptors (Lipinski definition) is 4. The van der Waals surface area contributed by atoms with Gasteiger partial charge in [0.05, 0.1) is 11.1 Å². The van der Waals surface area contributed by atoms with Gasteiger partial charge in [0, 0.05) is 17.1 Å². The van der Waals surface area contributed by atoms with Gasteiger partial charge in [-0.1, -0.05) is 12.1 Å². The summed E-state index contributed by atoms with van der Waals surface area (Å²) in [4.78, 5) is 23.9. The van der Waals surface area contributed by atoms with E-state index in [-0.39, 0.29) is 5.69 Å². The fourth-order valence-corrected chi connectivity index (χ4v) is 3.23. The Balaban J connectivity index is 1.50. The summed E-state index contributed by atoms with van der Waals surface area (Å²) in [6.07, 6.45) is 1.45. The Bertz CT molecular complexity index is 1250. The van der Waals surface area contributed by atoms with Gasteiger partial charge in [-0.3, -0.25) is 0 Å². The van der Waals surface area contributed by atoms with Gasteiger partial charge in [-0.25, -0.2) is 19.2 Å². The zero-order valence-corrected chi connectivity index (χ0v) is 16.8. The molecule has 0 aliphatic carbocycles. The molecule has 0 saturated carbocycles. The molecule has 0 saturated heterocycles. The number of halogens is 1. The monoisotopic (exact) mass is 404 g/mol. The number of urea groups is 1. The second-order valence-corrected chi connectivity index (χ2v) is 7.09. The SMILES string of the molecule is Cc1cccc(NC(=O)Nc2ccc(Nc3ncnc4[nH]c(C)c(C)c34)cc2F)c1. The predicted molar refractivity (Wildman–Crippen MR) is 117 cm³/mol. The molecular weight excluding hydrogens is 383 g/mol. The number of nitrogens with one attached hydrogen (secondary N) is 4. The van der Waals surface area contributed by atoms with Crippen molar-refractivity contribution in [3.05, 3.63) is 71.4 Å². The van der Waals surface area contributed by atoms with E-state index in [1.807, 2.05) is 39.0 Å². The molecule has 4 rings (SSSR count). The molecule has 8 heteroatoms. The van der Waals surface area contributed by atoms with Crippen molar-refractivity contribution in [2.45, 2.75) is 20.8 Å². The minimum atomic E-state index is -0.563. The first kappa shape index (κ1) is 19.4. The molecule has 0 spiro atoms. The Morgan fingerprint density at radius 1 is 1.00 bits per heavy atom. The molecule has 4 aromatic rings. The van der Waals surface area contributed by atoms with Crippen LogP contribution in [0, 0.1) is 26.6 Å². The van der Waals surface area contributed by atoms with E-state index in [0.717, 1.165) is 22.2 Å².